The minimum absolute atomic E-state index is 0.128. The Morgan fingerprint density at radius 1 is 1.39 bits per heavy atom. The first-order valence-corrected chi connectivity index (χ1v) is 6.04. The predicted molar refractivity (Wildman–Crippen MR) is 72.7 cm³/mol. The summed E-state index contributed by atoms with van der Waals surface area (Å²) in [5.74, 6) is 0.700. The van der Waals surface area contributed by atoms with Crippen LogP contribution in [0, 0.1) is 0 Å². The molecule has 1 atom stereocenters. The average molecular weight is 250 g/mol. The summed E-state index contributed by atoms with van der Waals surface area (Å²) in [6, 6.07) is 7.39. The molecule has 4 nitrogen and oxygen atoms in total. The van der Waals surface area contributed by atoms with Crippen molar-refractivity contribution >= 4 is 5.91 Å². The lowest BCUT2D eigenvalue weighted by Crippen LogP contribution is -2.43. The summed E-state index contributed by atoms with van der Waals surface area (Å²) in [6.45, 7) is 6.39. The van der Waals surface area contributed by atoms with Crippen LogP contribution in [0.5, 0.6) is 5.75 Å². The largest absolute Gasteiger partial charge is 0.497 e. The number of amides is 1. The topological polar surface area (TPSA) is 64.3 Å². The number of nitrogens with two attached hydrogens (primary N) is 1. The number of benzene rings is 1. The molecular weight excluding hydrogens is 228 g/mol. The van der Waals surface area contributed by atoms with Crippen molar-refractivity contribution in [2.24, 2.45) is 5.73 Å². The zero-order valence-corrected chi connectivity index (χ0v) is 11.5. The molecule has 0 radical (unpaired) electrons. The third kappa shape index (κ3) is 3.74. The molecule has 100 valence electrons. The molecule has 1 aromatic rings. The Kier molecular flexibility index (Phi) is 4.73. The van der Waals surface area contributed by atoms with E-state index in [2.05, 4.69) is 19.2 Å². The van der Waals surface area contributed by atoms with E-state index in [1.165, 1.54) is 0 Å². The van der Waals surface area contributed by atoms with Gasteiger partial charge < -0.3 is 15.8 Å². The monoisotopic (exact) mass is 250 g/mol. The fourth-order valence-electron chi connectivity index (χ4n) is 1.61. The summed E-state index contributed by atoms with van der Waals surface area (Å²) in [5, 5.41) is 2.85. The second-order valence-electron chi connectivity index (χ2n) is 5.12. The van der Waals surface area contributed by atoms with Crippen molar-refractivity contribution in [2.45, 2.75) is 32.2 Å². The third-order valence-electron chi connectivity index (χ3n) is 2.99. The van der Waals surface area contributed by atoms with E-state index in [1.807, 2.05) is 24.3 Å². The van der Waals surface area contributed by atoms with Crippen molar-refractivity contribution in [3.8, 4) is 5.75 Å². The van der Waals surface area contributed by atoms with Crippen LogP contribution in [-0.4, -0.2) is 25.6 Å². The maximum atomic E-state index is 11.5. The van der Waals surface area contributed by atoms with Crippen molar-refractivity contribution in [1.29, 1.82) is 0 Å². The van der Waals surface area contributed by atoms with Crippen LogP contribution in [-0.2, 0) is 10.2 Å². The number of hydrogen-bond acceptors (Lipinski definition) is 3. The van der Waals surface area contributed by atoms with Crippen molar-refractivity contribution in [3.63, 3.8) is 0 Å². The highest BCUT2D eigenvalue weighted by atomic mass is 16.5. The third-order valence-corrected chi connectivity index (χ3v) is 2.99. The highest BCUT2D eigenvalue weighted by Gasteiger charge is 2.22. The van der Waals surface area contributed by atoms with Crippen LogP contribution in [0.2, 0.25) is 0 Å². The van der Waals surface area contributed by atoms with Gasteiger partial charge in [0.1, 0.15) is 5.75 Å². The summed E-state index contributed by atoms with van der Waals surface area (Å²) in [6.07, 6.45) is 0. The smallest absolute Gasteiger partial charge is 0.236 e. The number of nitrogens with one attached hydrogen (secondary N) is 1. The normalized spacial score (nSPS) is 12.9. The second kappa shape index (κ2) is 5.87. The molecule has 4 heteroatoms. The summed E-state index contributed by atoms with van der Waals surface area (Å²) < 4.78 is 5.13. The van der Waals surface area contributed by atoms with Crippen LogP contribution >= 0.6 is 0 Å². The molecular formula is C14H22N2O2. The van der Waals surface area contributed by atoms with Gasteiger partial charge in [0.25, 0.3) is 0 Å². The van der Waals surface area contributed by atoms with Gasteiger partial charge in [-0.1, -0.05) is 26.0 Å². The van der Waals surface area contributed by atoms with E-state index in [1.54, 1.807) is 14.0 Å². The van der Waals surface area contributed by atoms with Gasteiger partial charge in [0.2, 0.25) is 5.91 Å². The predicted octanol–water partition coefficient (Wildman–Crippen LogP) is 1.44. The Balaban J connectivity index is 2.69. The molecule has 0 aliphatic rings. The van der Waals surface area contributed by atoms with Crippen molar-refractivity contribution in [1.82, 2.24) is 5.32 Å². The molecule has 1 amide bonds. The quantitative estimate of drug-likeness (QED) is 0.831. The lowest BCUT2D eigenvalue weighted by Gasteiger charge is -2.26. The van der Waals surface area contributed by atoms with E-state index < -0.39 is 6.04 Å². The van der Waals surface area contributed by atoms with Crippen LogP contribution in [0.25, 0.3) is 0 Å². The molecule has 3 N–H and O–H groups in total. The van der Waals surface area contributed by atoms with E-state index in [-0.39, 0.29) is 11.3 Å². The Hall–Kier alpha value is -1.55. The molecule has 1 aromatic carbocycles. The second-order valence-corrected chi connectivity index (χ2v) is 5.12. The minimum Gasteiger partial charge on any atom is -0.497 e. The summed E-state index contributed by atoms with van der Waals surface area (Å²) in [4.78, 5) is 11.5. The van der Waals surface area contributed by atoms with Crippen LogP contribution in [0.4, 0.5) is 0 Å². The van der Waals surface area contributed by atoms with Crippen LogP contribution < -0.4 is 15.8 Å². The van der Waals surface area contributed by atoms with Gasteiger partial charge in [-0.15, -0.1) is 0 Å². The van der Waals surface area contributed by atoms with E-state index in [0.29, 0.717) is 6.54 Å². The van der Waals surface area contributed by atoms with E-state index in [0.717, 1.165) is 11.3 Å². The first kappa shape index (κ1) is 14.5. The first-order chi connectivity index (χ1) is 8.36. The number of carbonyl (C=O) groups excluding carboxylic acids is 1. The summed E-state index contributed by atoms with van der Waals surface area (Å²) in [7, 11) is 1.64. The first-order valence-electron chi connectivity index (χ1n) is 6.04. The average Bonchev–Trinajstić information content (AvgIpc) is 2.36. The van der Waals surface area contributed by atoms with Crippen LogP contribution in [0.3, 0.4) is 0 Å². The summed E-state index contributed by atoms with van der Waals surface area (Å²) >= 11 is 0. The van der Waals surface area contributed by atoms with Crippen LogP contribution in [0.15, 0.2) is 24.3 Å². The van der Waals surface area contributed by atoms with Crippen molar-refractivity contribution in [2.75, 3.05) is 13.7 Å². The number of ether oxygens (including phenoxy) is 1. The van der Waals surface area contributed by atoms with Gasteiger partial charge in [-0.25, -0.2) is 0 Å². The molecule has 0 heterocycles. The van der Waals surface area contributed by atoms with Gasteiger partial charge in [-0.2, -0.15) is 0 Å². The van der Waals surface area contributed by atoms with Gasteiger partial charge in [0.05, 0.1) is 13.2 Å². The lowest BCUT2D eigenvalue weighted by molar-refractivity contribution is -0.122. The highest BCUT2D eigenvalue weighted by molar-refractivity contribution is 5.81. The fraction of sp³-hybridized carbons (Fsp3) is 0.500. The number of hydrogen-bond donors (Lipinski definition) is 2. The lowest BCUT2D eigenvalue weighted by atomic mass is 9.84. The molecule has 0 bridgehead atoms. The number of rotatable bonds is 5. The van der Waals surface area contributed by atoms with Crippen molar-refractivity contribution < 1.29 is 9.53 Å². The Morgan fingerprint density at radius 2 is 1.94 bits per heavy atom. The fourth-order valence-corrected chi connectivity index (χ4v) is 1.61. The molecule has 18 heavy (non-hydrogen) atoms. The van der Waals surface area contributed by atoms with Gasteiger partial charge in [-0.05, 0) is 24.6 Å². The van der Waals surface area contributed by atoms with Crippen molar-refractivity contribution in [3.05, 3.63) is 29.8 Å². The van der Waals surface area contributed by atoms with Crippen LogP contribution in [0.1, 0.15) is 26.3 Å². The number of carbonyl (C=O) groups is 1. The molecule has 0 aliphatic heterocycles. The van der Waals surface area contributed by atoms with E-state index in [9.17, 15) is 4.79 Å². The SMILES string of the molecule is COc1ccc(C(C)(C)CNC(=O)[C@H](C)N)cc1. The highest BCUT2D eigenvalue weighted by Crippen LogP contribution is 2.24. The zero-order valence-electron chi connectivity index (χ0n) is 11.5. The number of methoxy groups -OCH3 is 1. The van der Waals surface area contributed by atoms with Gasteiger partial charge in [0.15, 0.2) is 0 Å². The Morgan fingerprint density at radius 3 is 2.39 bits per heavy atom. The molecule has 0 unspecified atom stereocenters. The molecule has 0 aliphatic carbocycles. The molecule has 1 rings (SSSR count). The molecule has 0 saturated carbocycles. The van der Waals surface area contributed by atoms with E-state index in [4.69, 9.17) is 10.5 Å². The molecule has 0 spiro atoms. The maximum Gasteiger partial charge on any atom is 0.236 e. The Labute approximate surface area is 109 Å². The standard InChI is InChI=1S/C14H22N2O2/c1-10(15)13(17)16-9-14(2,3)11-5-7-12(18-4)8-6-11/h5-8,10H,9,15H2,1-4H3,(H,16,17)/t10-/m0/s1. The maximum absolute atomic E-state index is 11.5. The van der Waals surface area contributed by atoms with Gasteiger partial charge >= 0.3 is 0 Å². The Bertz CT molecular complexity index is 397. The van der Waals surface area contributed by atoms with E-state index >= 15 is 0 Å². The summed E-state index contributed by atoms with van der Waals surface area (Å²) in [5.41, 5.74) is 6.52. The molecule has 0 fully saturated rings. The van der Waals surface area contributed by atoms with Gasteiger partial charge in [0, 0.05) is 12.0 Å². The molecule has 0 saturated heterocycles. The van der Waals surface area contributed by atoms with Gasteiger partial charge in [-0.3, -0.25) is 4.79 Å². The zero-order chi connectivity index (χ0) is 13.8. The molecule has 0 aromatic heterocycles. The minimum atomic E-state index is -0.475.